The van der Waals surface area contributed by atoms with Crippen molar-refractivity contribution in [2.24, 2.45) is 0 Å². The number of nitrogens with one attached hydrogen (secondary N) is 2. The number of hydrogen-bond donors (Lipinski definition) is 2. The molecule has 2 N–H and O–H groups in total. The Balaban J connectivity index is 2.12. The van der Waals surface area contributed by atoms with Gasteiger partial charge in [-0.2, -0.15) is 0 Å². The summed E-state index contributed by atoms with van der Waals surface area (Å²) in [7, 11) is 3.66. The molecule has 0 fully saturated rings. The molecule has 0 aliphatic heterocycles. The molecule has 2 rings (SSSR count). The van der Waals surface area contributed by atoms with Gasteiger partial charge in [0.25, 0.3) is 17.5 Å². The first-order valence-corrected chi connectivity index (χ1v) is 7.49. The largest absolute Gasteiger partial charge is 0.378 e. The molecule has 0 aromatic heterocycles. The van der Waals surface area contributed by atoms with E-state index in [-0.39, 0.29) is 10.6 Å². The molecule has 0 spiro atoms. The lowest BCUT2D eigenvalue weighted by Gasteiger charge is -2.13. The Hall–Kier alpha value is -3.13. The second-order valence-corrected chi connectivity index (χ2v) is 5.71. The second-order valence-electron chi connectivity index (χ2n) is 5.27. The average Bonchev–Trinajstić information content (AvgIpc) is 2.59. The maximum atomic E-state index is 12.1. The van der Waals surface area contributed by atoms with Gasteiger partial charge in [-0.15, -0.1) is 0 Å². The molecule has 8 nitrogen and oxygen atoms in total. The van der Waals surface area contributed by atoms with Crippen molar-refractivity contribution >= 4 is 34.8 Å². The Morgan fingerprint density at radius 3 is 2.40 bits per heavy atom. The van der Waals surface area contributed by atoms with Gasteiger partial charge in [-0.1, -0.05) is 17.7 Å². The van der Waals surface area contributed by atoms with Crippen molar-refractivity contribution in [2.45, 2.75) is 0 Å². The van der Waals surface area contributed by atoms with E-state index in [9.17, 15) is 19.7 Å². The van der Waals surface area contributed by atoms with Gasteiger partial charge >= 0.3 is 0 Å². The Labute approximate surface area is 148 Å². The number of hydrazine groups is 1. The third-order valence-corrected chi connectivity index (χ3v) is 3.55. The molecular formula is C16H15ClN4O4. The van der Waals surface area contributed by atoms with E-state index in [4.69, 9.17) is 11.6 Å². The Morgan fingerprint density at radius 2 is 1.76 bits per heavy atom. The zero-order valence-electron chi connectivity index (χ0n) is 13.4. The summed E-state index contributed by atoms with van der Waals surface area (Å²) in [5, 5.41) is 11.2. The summed E-state index contributed by atoms with van der Waals surface area (Å²) in [6, 6.07) is 10.3. The monoisotopic (exact) mass is 362 g/mol. The van der Waals surface area contributed by atoms with Crippen molar-refractivity contribution in [3.63, 3.8) is 0 Å². The van der Waals surface area contributed by atoms with Crippen LogP contribution in [0, 0.1) is 10.1 Å². The number of nitro groups is 1. The first-order chi connectivity index (χ1) is 11.8. The fourth-order valence-electron chi connectivity index (χ4n) is 2.03. The van der Waals surface area contributed by atoms with Crippen LogP contribution < -0.4 is 15.8 Å². The predicted octanol–water partition coefficient (Wildman–Crippen LogP) is 2.39. The molecule has 0 unspecified atom stereocenters. The summed E-state index contributed by atoms with van der Waals surface area (Å²) in [6.45, 7) is 0. The van der Waals surface area contributed by atoms with E-state index in [0.717, 1.165) is 17.8 Å². The van der Waals surface area contributed by atoms with Crippen LogP contribution in [0.2, 0.25) is 5.02 Å². The summed E-state index contributed by atoms with van der Waals surface area (Å²) >= 11 is 5.78. The number of rotatable bonds is 4. The molecule has 2 aromatic carbocycles. The summed E-state index contributed by atoms with van der Waals surface area (Å²) in [4.78, 5) is 36.4. The van der Waals surface area contributed by atoms with Crippen LogP contribution >= 0.6 is 11.6 Å². The lowest BCUT2D eigenvalue weighted by atomic mass is 10.1. The van der Waals surface area contributed by atoms with E-state index < -0.39 is 22.4 Å². The third kappa shape index (κ3) is 4.45. The fraction of sp³-hybridized carbons (Fsp3) is 0.125. The van der Waals surface area contributed by atoms with E-state index in [1.807, 2.05) is 25.1 Å². The highest BCUT2D eigenvalue weighted by molar-refractivity contribution is 6.31. The van der Waals surface area contributed by atoms with Gasteiger partial charge in [0.2, 0.25) is 0 Å². The summed E-state index contributed by atoms with van der Waals surface area (Å²) in [5.41, 5.74) is 4.85. The first kappa shape index (κ1) is 18.2. The fourth-order valence-corrected chi connectivity index (χ4v) is 2.20. The molecule has 0 atom stereocenters. The number of anilines is 1. The lowest BCUT2D eigenvalue weighted by Crippen LogP contribution is -2.41. The van der Waals surface area contributed by atoms with Crippen molar-refractivity contribution in [1.29, 1.82) is 0 Å². The number of halogens is 1. The number of nitro benzene ring substituents is 1. The number of benzene rings is 2. The maximum absolute atomic E-state index is 12.1. The molecule has 130 valence electrons. The first-order valence-electron chi connectivity index (χ1n) is 7.11. The van der Waals surface area contributed by atoms with E-state index >= 15 is 0 Å². The molecule has 0 aliphatic carbocycles. The SMILES string of the molecule is CN(C)c1cccc(C(=O)NNC(=O)c2cc(Cl)ccc2[N+](=O)[O-])c1. The molecule has 0 radical (unpaired) electrons. The van der Waals surface area contributed by atoms with Crippen molar-refractivity contribution in [3.8, 4) is 0 Å². The van der Waals surface area contributed by atoms with Gasteiger partial charge in [0, 0.05) is 36.4 Å². The summed E-state index contributed by atoms with van der Waals surface area (Å²) in [6.07, 6.45) is 0. The highest BCUT2D eigenvalue weighted by Crippen LogP contribution is 2.22. The van der Waals surface area contributed by atoms with Crippen molar-refractivity contribution in [1.82, 2.24) is 10.9 Å². The van der Waals surface area contributed by atoms with E-state index in [2.05, 4.69) is 10.9 Å². The van der Waals surface area contributed by atoms with Crippen LogP contribution in [0.1, 0.15) is 20.7 Å². The van der Waals surface area contributed by atoms with E-state index in [1.54, 1.807) is 18.2 Å². The molecular weight excluding hydrogens is 348 g/mol. The van der Waals surface area contributed by atoms with E-state index in [1.165, 1.54) is 6.07 Å². The molecule has 0 aliphatic rings. The molecule has 2 amide bonds. The zero-order valence-corrected chi connectivity index (χ0v) is 14.2. The highest BCUT2D eigenvalue weighted by atomic mass is 35.5. The Morgan fingerprint density at radius 1 is 1.08 bits per heavy atom. The normalized spacial score (nSPS) is 10.0. The molecule has 25 heavy (non-hydrogen) atoms. The van der Waals surface area contributed by atoms with Gasteiger partial charge in [0.15, 0.2) is 0 Å². The molecule has 2 aromatic rings. The van der Waals surface area contributed by atoms with Crippen LogP contribution in [-0.4, -0.2) is 30.8 Å². The van der Waals surface area contributed by atoms with Crippen LogP contribution in [0.3, 0.4) is 0 Å². The minimum Gasteiger partial charge on any atom is -0.378 e. The summed E-state index contributed by atoms with van der Waals surface area (Å²) in [5.74, 6) is -1.40. The Kier molecular flexibility index (Phi) is 5.56. The standard InChI is InChI=1S/C16H15ClN4O4/c1-20(2)12-5-3-4-10(8-12)15(22)18-19-16(23)13-9-11(17)6-7-14(13)21(24)25/h3-9H,1-2H3,(H,18,22)(H,19,23). The van der Waals surface area contributed by atoms with Gasteiger partial charge in [-0.25, -0.2) is 0 Å². The van der Waals surface area contributed by atoms with Crippen molar-refractivity contribution in [2.75, 3.05) is 19.0 Å². The zero-order chi connectivity index (χ0) is 18.6. The lowest BCUT2D eigenvalue weighted by molar-refractivity contribution is -0.385. The third-order valence-electron chi connectivity index (χ3n) is 3.31. The number of hydrogen-bond acceptors (Lipinski definition) is 5. The molecule has 0 bridgehead atoms. The average molecular weight is 363 g/mol. The summed E-state index contributed by atoms with van der Waals surface area (Å²) < 4.78 is 0. The quantitative estimate of drug-likeness (QED) is 0.641. The van der Waals surface area contributed by atoms with Crippen molar-refractivity contribution < 1.29 is 14.5 Å². The molecule has 9 heteroatoms. The van der Waals surface area contributed by atoms with Crippen LogP contribution in [0.15, 0.2) is 42.5 Å². The minimum atomic E-state index is -0.841. The second kappa shape index (κ2) is 7.63. The molecule has 0 saturated carbocycles. The Bertz CT molecular complexity index is 839. The van der Waals surface area contributed by atoms with Gasteiger partial charge < -0.3 is 4.90 Å². The van der Waals surface area contributed by atoms with Gasteiger partial charge in [0.1, 0.15) is 5.56 Å². The van der Waals surface area contributed by atoms with Crippen molar-refractivity contribution in [3.05, 3.63) is 68.7 Å². The van der Waals surface area contributed by atoms with Crippen LogP contribution in [0.4, 0.5) is 11.4 Å². The van der Waals surface area contributed by atoms with E-state index in [0.29, 0.717) is 5.56 Å². The minimum absolute atomic E-state index is 0.167. The smallest absolute Gasteiger partial charge is 0.282 e. The number of carbonyl (C=O) groups excluding carboxylic acids is 2. The molecule has 0 saturated heterocycles. The van der Waals surface area contributed by atoms with Gasteiger partial charge in [-0.05, 0) is 30.3 Å². The highest BCUT2D eigenvalue weighted by Gasteiger charge is 2.21. The van der Waals surface area contributed by atoms with Gasteiger partial charge in [0.05, 0.1) is 4.92 Å². The number of amides is 2. The van der Waals surface area contributed by atoms with Crippen LogP contribution in [0.25, 0.3) is 0 Å². The number of nitrogens with zero attached hydrogens (tertiary/aromatic N) is 2. The predicted molar refractivity (Wildman–Crippen MR) is 93.8 cm³/mol. The van der Waals surface area contributed by atoms with Crippen LogP contribution in [0.5, 0.6) is 0 Å². The maximum Gasteiger partial charge on any atom is 0.282 e. The topological polar surface area (TPSA) is 105 Å². The number of carbonyl (C=O) groups is 2. The molecule has 0 heterocycles. The van der Waals surface area contributed by atoms with Crippen LogP contribution in [-0.2, 0) is 0 Å². The van der Waals surface area contributed by atoms with Gasteiger partial charge in [-0.3, -0.25) is 30.6 Å².